The lowest BCUT2D eigenvalue weighted by atomic mass is 9.95. The first-order valence-electron chi connectivity index (χ1n) is 10.5. The molecule has 0 fully saturated rings. The number of primary amides is 1. The van der Waals surface area contributed by atoms with Crippen molar-refractivity contribution in [2.24, 2.45) is 16.5 Å². The molecule has 4 rings (SSSR count). The van der Waals surface area contributed by atoms with Gasteiger partial charge in [-0.25, -0.2) is 4.79 Å². The van der Waals surface area contributed by atoms with E-state index in [9.17, 15) is 14.4 Å². The molecule has 1 unspecified atom stereocenters. The standard InChI is InChI=1S/C23H24N4O4S2/c1-31-23(30)15-13-9-5-6-10-14(13)32-22(15)27-20(29)18-17(24)16(19(25)28)21(33-18)26-11-12-7-3-2-4-8-12/h2-4,7-8,18H,5-6,9-11,24H2,1H3,(H2,25,28)(H,27,29). The number of ether oxygens (including phenoxy) is 1. The lowest BCUT2D eigenvalue weighted by Crippen LogP contribution is -2.30. The maximum atomic E-state index is 13.2. The van der Waals surface area contributed by atoms with Crippen LogP contribution in [-0.2, 0) is 33.7 Å². The van der Waals surface area contributed by atoms with Gasteiger partial charge in [0.05, 0.1) is 24.8 Å². The zero-order chi connectivity index (χ0) is 23.5. The second-order valence-electron chi connectivity index (χ2n) is 7.70. The number of aryl methyl sites for hydroxylation is 1. The lowest BCUT2D eigenvalue weighted by Gasteiger charge is -2.13. The zero-order valence-corrected chi connectivity index (χ0v) is 19.7. The normalized spacial score (nSPS) is 18.8. The minimum atomic E-state index is -0.883. The van der Waals surface area contributed by atoms with E-state index < -0.39 is 23.0 Å². The van der Waals surface area contributed by atoms with Gasteiger partial charge in [0.2, 0.25) is 5.91 Å². The summed E-state index contributed by atoms with van der Waals surface area (Å²) in [6.45, 7) is 0.325. The molecule has 2 aromatic rings. The van der Waals surface area contributed by atoms with Gasteiger partial charge in [0, 0.05) is 10.6 Å². The number of esters is 1. The highest BCUT2D eigenvalue weighted by molar-refractivity contribution is 8.16. The first-order chi connectivity index (χ1) is 15.9. The summed E-state index contributed by atoms with van der Waals surface area (Å²) in [6, 6.07) is 9.52. The number of benzene rings is 1. The Labute approximate surface area is 199 Å². The van der Waals surface area contributed by atoms with Crippen LogP contribution in [0.2, 0.25) is 0 Å². The molecule has 1 aliphatic heterocycles. The van der Waals surface area contributed by atoms with Crippen LogP contribution in [-0.4, -0.2) is 35.2 Å². The van der Waals surface area contributed by atoms with E-state index in [1.165, 1.54) is 18.4 Å². The first-order valence-corrected chi connectivity index (χ1v) is 12.2. The summed E-state index contributed by atoms with van der Waals surface area (Å²) < 4.78 is 4.97. The monoisotopic (exact) mass is 484 g/mol. The number of hydrogen-bond acceptors (Lipinski definition) is 8. The lowest BCUT2D eigenvalue weighted by molar-refractivity contribution is -0.115. The fourth-order valence-electron chi connectivity index (χ4n) is 3.94. The Bertz CT molecular complexity index is 1170. The van der Waals surface area contributed by atoms with E-state index in [-0.39, 0.29) is 11.3 Å². The van der Waals surface area contributed by atoms with Crippen LogP contribution in [0.15, 0.2) is 46.6 Å². The average Bonchev–Trinajstić information content (AvgIpc) is 3.34. The van der Waals surface area contributed by atoms with Crippen molar-refractivity contribution in [3.63, 3.8) is 0 Å². The van der Waals surface area contributed by atoms with Crippen LogP contribution in [0.3, 0.4) is 0 Å². The van der Waals surface area contributed by atoms with Crippen LogP contribution in [0.25, 0.3) is 0 Å². The van der Waals surface area contributed by atoms with Crippen LogP contribution in [0.4, 0.5) is 5.00 Å². The van der Waals surface area contributed by atoms with Crippen molar-refractivity contribution < 1.29 is 19.1 Å². The number of carbonyl (C=O) groups is 3. The highest BCUT2D eigenvalue weighted by atomic mass is 32.2. The molecular formula is C23H24N4O4S2. The molecule has 2 amide bonds. The van der Waals surface area contributed by atoms with Crippen LogP contribution in [0.1, 0.15) is 39.2 Å². The summed E-state index contributed by atoms with van der Waals surface area (Å²) in [7, 11) is 1.32. The van der Waals surface area contributed by atoms with Crippen molar-refractivity contribution in [2.75, 3.05) is 12.4 Å². The van der Waals surface area contributed by atoms with Gasteiger partial charge in [-0.2, -0.15) is 0 Å². The molecule has 8 nitrogen and oxygen atoms in total. The molecule has 2 aliphatic rings. The van der Waals surface area contributed by atoms with Gasteiger partial charge in [-0.05, 0) is 36.8 Å². The van der Waals surface area contributed by atoms with E-state index in [2.05, 4.69) is 10.3 Å². The molecule has 33 heavy (non-hydrogen) atoms. The minimum Gasteiger partial charge on any atom is -0.465 e. The number of aliphatic imine (C=N–C) groups is 1. The number of amides is 2. The largest absolute Gasteiger partial charge is 0.465 e. The van der Waals surface area contributed by atoms with E-state index >= 15 is 0 Å². The van der Waals surface area contributed by atoms with Crippen molar-refractivity contribution in [1.82, 2.24) is 0 Å². The summed E-state index contributed by atoms with van der Waals surface area (Å²) >= 11 is 2.47. The maximum Gasteiger partial charge on any atom is 0.341 e. The summed E-state index contributed by atoms with van der Waals surface area (Å²) in [5, 5.41) is 2.75. The molecule has 5 N–H and O–H groups in total. The molecular weight excluding hydrogens is 460 g/mol. The number of thiophene rings is 1. The molecule has 172 valence electrons. The zero-order valence-electron chi connectivity index (χ0n) is 18.1. The van der Waals surface area contributed by atoms with Gasteiger partial charge in [0.1, 0.15) is 15.3 Å². The number of carbonyl (C=O) groups excluding carboxylic acids is 3. The summed E-state index contributed by atoms with van der Waals surface area (Å²) in [5.74, 6) is -1.65. The number of nitrogens with zero attached hydrogens (tertiary/aromatic N) is 1. The Morgan fingerprint density at radius 3 is 2.61 bits per heavy atom. The Morgan fingerprint density at radius 1 is 1.18 bits per heavy atom. The average molecular weight is 485 g/mol. The van der Waals surface area contributed by atoms with Crippen molar-refractivity contribution >= 4 is 50.9 Å². The number of methoxy groups -OCH3 is 1. The van der Waals surface area contributed by atoms with Gasteiger partial charge in [0.15, 0.2) is 0 Å². The molecule has 1 aromatic carbocycles. The number of thioether (sulfide) groups is 1. The van der Waals surface area contributed by atoms with Gasteiger partial charge >= 0.3 is 5.97 Å². The number of anilines is 1. The van der Waals surface area contributed by atoms with Gasteiger partial charge < -0.3 is 21.5 Å². The Balaban J connectivity index is 1.59. The second kappa shape index (κ2) is 9.80. The fourth-order valence-corrected chi connectivity index (χ4v) is 6.33. The van der Waals surface area contributed by atoms with E-state index in [1.807, 2.05) is 30.3 Å². The molecule has 0 radical (unpaired) electrons. The minimum absolute atomic E-state index is 0.0646. The number of rotatable bonds is 6. The molecule has 1 aromatic heterocycles. The number of hydrogen-bond donors (Lipinski definition) is 3. The van der Waals surface area contributed by atoms with E-state index in [0.29, 0.717) is 22.2 Å². The molecule has 10 heteroatoms. The predicted octanol–water partition coefficient (Wildman–Crippen LogP) is 2.76. The Hall–Kier alpha value is -3.11. The molecule has 2 heterocycles. The summed E-state index contributed by atoms with van der Waals surface area (Å²) in [5.41, 5.74) is 14.2. The fraction of sp³-hybridized carbons (Fsp3) is 0.304. The molecule has 1 atom stereocenters. The van der Waals surface area contributed by atoms with Gasteiger partial charge in [-0.1, -0.05) is 42.1 Å². The van der Waals surface area contributed by atoms with Gasteiger partial charge in [-0.15, -0.1) is 11.3 Å². The molecule has 0 saturated heterocycles. The predicted molar refractivity (Wildman–Crippen MR) is 130 cm³/mol. The van der Waals surface area contributed by atoms with Crippen molar-refractivity contribution in [3.8, 4) is 0 Å². The van der Waals surface area contributed by atoms with E-state index in [4.69, 9.17) is 16.2 Å². The Morgan fingerprint density at radius 2 is 1.91 bits per heavy atom. The summed E-state index contributed by atoms with van der Waals surface area (Å²) in [6.07, 6.45) is 3.66. The third-order valence-electron chi connectivity index (χ3n) is 5.54. The second-order valence-corrected chi connectivity index (χ2v) is 9.89. The first kappa shape index (κ1) is 23.1. The summed E-state index contributed by atoms with van der Waals surface area (Å²) in [4.78, 5) is 43.3. The van der Waals surface area contributed by atoms with Crippen LogP contribution >= 0.6 is 23.1 Å². The van der Waals surface area contributed by atoms with Crippen molar-refractivity contribution in [1.29, 1.82) is 0 Å². The highest BCUT2D eigenvalue weighted by Gasteiger charge is 2.38. The number of nitrogens with one attached hydrogen (secondary N) is 1. The van der Waals surface area contributed by atoms with Crippen LogP contribution in [0.5, 0.6) is 0 Å². The smallest absolute Gasteiger partial charge is 0.341 e. The van der Waals surface area contributed by atoms with Crippen LogP contribution in [0, 0.1) is 0 Å². The SMILES string of the molecule is COC(=O)c1c(NC(=O)C2SC(=NCc3ccccc3)C(C(N)=O)=C2N)sc2c1CCCC2. The van der Waals surface area contributed by atoms with Crippen molar-refractivity contribution in [3.05, 3.63) is 63.2 Å². The quantitative estimate of drug-likeness (QED) is 0.539. The van der Waals surface area contributed by atoms with E-state index in [1.54, 1.807) is 0 Å². The number of fused-ring (bicyclic) bond motifs is 1. The highest BCUT2D eigenvalue weighted by Crippen LogP contribution is 2.40. The number of nitrogens with two attached hydrogens (primary N) is 2. The van der Waals surface area contributed by atoms with Gasteiger partial charge in [-0.3, -0.25) is 14.6 Å². The van der Waals surface area contributed by atoms with Crippen LogP contribution < -0.4 is 16.8 Å². The van der Waals surface area contributed by atoms with Crippen molar-refractivity contribution in [2.45, 2.75) is 37.5 Å². The topological polar surface area (TPSA) is 137 Å². The van der Waals surface area contributed by atoms with Gasteiger partial charge in [0.25, 0.3) is 5.91 Å². The molecule has 1 aliphatic carbocycles. The van der Waals surface area contributed by atoms with E-state index in [0.717, 1.165) is 53.4 Å². The third-order valence-corrected chi connectivity index (χ3v) is 8.01. The molecule has 0 saturated carbocycles. The molecule has 0 spiro atoms. The molecule has 0 bridgehead atoms. The maximum absolute atomic E-state index is 13.2. The third kappa shape index (κ3) is 4.67. The Kier molecular flexibility index (Phi) is 6.85.